The molecule has 0 amide bonds. The van der Waals surface area contributed by atoms with Gasteiger partial charge in [0.05, 0.1) is 6.26 Å². The van der Waals surface area contributed by atoms with E-state index in [0.717, 1.165) is 13.0 Å². The summed E-state index contributed by atoms with van der Waals surface area (Å²) in [6.07, 6.45) is 7.39. The predicted octanol–water partition coefficient (Wildman–Crippen LogP) is 2.18. The van der Waals surface area contributed by atoms with E-state index < -0.39 is 0 Å². The van der Waals surface area contributed by atoms with Crippen LogP contribution in [0.5, 0.6) is 0 Å². The molecule has 0 unspecified atom stereocenters. The number of fused-ring (bicyclic) bond motifs is 1. The quantitative estimate of drug-likeness (QED) is 0.534. The van der Waals surface area contributed by atoms with Gasteiger partial charge in [-0.3, -0.25) is 0 Å². The van der Waals surface area contributed by atoms with E-state index >= 15 is 0 Å². The third kappa shape index (κ3) is 0.703. The number of hydrogen-bond donors (Lipinski definition) is 0. The lowest BCUT2D eigenvalue weighted by atomic mass is 10.2. The molecule has 0 spiro atoms. The van der Waals surface area contributed by atoms with Crippen LogP contribution in [0.1, 0.15) is 13.3 Å². The van der Waals surface area contributed by atoms with Gasteiger partial charge in [0.1, 0.15) is 6.61 Å². The van der Waals surface area contributed by atoms with Crippen molar-refractivity contribution in [3.8, 4) is 0 Å². The molecule has 0 aromatic heterocycles. The topological polar surface area (TPSA) is 9.23 Å². The van der Waals surface area contributed by atoms with Crippen molar-refractivity contribution in [3.05, 3.63) is 35.1 Å². The number of ether oxygens (including phenoxy) is 1. The van der Waals surface area contributed by atoms with E-state index in [1.54, 1.807) is 0 Å². The lowest BCUT2D eigenvalue weighted by molar-refractivity contribution is 0.301. The maximum Gasteiger partial charge on any atom is 0.113 e. The summed E-state index contributed by atoms with van der Waals surface area (Å²) in [5, 5.41) is 0. The molecule has 0 atom stereocenters. The first-order valence-electron chi connectivity index (χ1n) is 3.63. The Balaban J connectivity index is 2.33. The highest BCUT2D eigenvalue weighted by Gasteiger charge is 2.15. The fourth-order valence-electron chi connectivity index (χ4n) is 1.30. The van der Waals surface area contributed by atoms with Gasteiger partial charge in [0.25, 0.3) is 0 Å². The van der Waals surface area contributed by atoms with Gasteiger partial charge in [-0.1, -0.05) is 13.0 Å². The molecular weight excluding hydrogens is 124 g/mol. The Bertz CT molecular complexity index is 243. The Morgan fingerprint density at radius 2 is 2.40 bits per heavy atom. The third-order valence-electron chi connectivity index (χ3n) is 1.93. The molecule has 1 heterocycles. The second-order valence-electron chi connectivity index (χ2n) is 2.63. The number of allylic oxidation sites excluding steroid dienone is 3. The van der Waals surface area contributed by atoms with Crippen molar-refractivity contribution < 1.29 is 4.74 Å². The molecular formula is C9H10O. The lowest BCUT2D eigenvalue weighted by Crippen LogP contribution is -1.81. The highest BCUT2D eigenvalue weighted by molar-refractivity contribution is 5.54. The second kappa shape index (κ2) is 2.01. The summed E-state index contributed by atoms with van der Waals surface area (Å²) in [4.78, 5) is 0. The maximum absolute atomic E-state index is 5.13. The average Bonchev–Trinajstić information content (AvgIpc) is 2.42. The summed E-state index contributed by atoms with van der Waals surface area (Å²) in [5.74, 6) is 0. The van der Waals surface area contributed by atoms with Crippen molar-refractivity contribution in [3.63, 3.8) is 0 Å². The molecule has 0 saturated carbocycles. The van der Waals surface area contributed by atoms with Crippen LogP contribution in [-0.4, -0.2) is 6.61 Å². The molecule has 0 fully saturated rings. The zero-order valence-corrected chi connectivity index (χ0v) is 6.05. The van der Waals surface area contributed by atoms with Gasteiger partial charge in [-0.15, -0.1) is 0 Å². The molecule has 0 bridgehead atoms. The van der Waals surface area contributed by atoms with Crippen LogP contribution in [-0.2, 0) is 4.74 Å². The standard InChI is InChI=1S/C9H10O/c1-2-7-3-8-5-10-6-9(8)4-7/h3-5H,2,6H2,1H3. The zero-order chi connectivity index (χ0) is 6.97. The van der Waals surface area contributed by atoms with E-state index in [1.807, 2.05) is 6.26 Å². The van der Waals surface area contributed by atoms with E-state index in [-0.39, 0.29) is 0 Å². The van der Waals surface area contributed by atoms with E-state index in [1.165, 1.54) is 16.7 Å². The summed E-state index contributed by atoms with van der Waals surface area (Å²) in [7, 11) is 0. The van der Waals surface area contributed by atoms with Gasteiger partial charge >= 0.3 is 0 Å². The minimum absolute atomic E-state index is 0.773. The number of hydrogen-bond acceptors (Lipinski definition) is 1. The fourth-order valence-corrected chi connectivity index (χ4v) is 1.30. The van der Waals surface area contributed by atoms with Crippen LogP contribution in [0.4, 0.5) is 0 Å². The maximum atomic E-state index is 5.13. The van der Waals surface area contributed by atoms with Gasteiger partial charge in [0.15, 0.2) is 0 Å². The molecule has 0 saturated heterocycles. The van der Waals surface area contributed by atoms with Crippen LogP contribution in [0.25, 0.3) is 0 Å². The number of rotatable bonds is 1. The van der Waals surface area contributed by atoms with Crippen LogP contribution in [0, 0.1) is 0 Å². The first-order chi connectivity index (χ1) is 4.90. The van der Waals surface area contributed by atoms with Gasteiger partial charge in [-0.05, 0) is 23.6 Å². The van der Waals surface area contributed by atoms with E-state index in [2.05, 4.69) is 19.1 Å². The van der Waals surface area contributed by atoms with Crippen LogP contribution < -0.4 is 0 Å². The van der Waals surface area contributed by atoms with E-state index in [9.17, 15) is 0 Å². The minimum Gasteiger partial charge on any atom is -0.496 e. The van der Waals surface area contributed by atoms with Gasteiger partial charge in [0, 0.05) is 5.57 Å². The minimum atomic E-state index is 0.773. The third-order valence-corrected chi connectivity index (χ3v) is 1.93. The van der Waals surface area contributed by atoms with Crippen molar-refractivity contribution in [2.24, 2.45) is 0 Å². The van der Waals surface area contributed by atoms with Gasteiger partial charge in [-0.25, -0.2) is 0 Å². The monoisotopic (exact) mass is 134 g/mol. The molecule has 0 aromatic carbocycles. The van der Waals surface area contributed by atoms with Crippen molar-refractivity contribution in [1.29, 1.82) is 0 Å². The van der Waals surface area contributed by atoms with Gasteiger partial charge in [0.2, 0.25) is 0 Å². The van der Waals surface area contributed by atoms with Gasteiger partial charge in [-0.2, -0.15) is 0 Å². The Hall–Kier alpha value is -0.980. The normalized spacial score (nSPS) is 21.1. The summed E-state index contributed by atoms with van der Waals surface area (Å²) in [5.41, 5.74) is 4.04. The molecule has 52 valence electrons. The molecule has 1 nitrogen and oxygen atoms in total. The molecule has 1 aliphatic heterocycles. The highest BCUT2D eigenvalue weighted by atomic mass is 16.5. The van der Waals surface area contributed by atoms with Crippen LogP contribution in [0.2, 0.25) is 0 Å². The molecule has 0 aromatic rings. The van der Waals surface area contributed by atoms with Crippen molar-refractivity contribution in [2.45, 2.75) is 13.3 Å². The highest BCUT2D eigenvalue weighted by Crippen LogP contribution is 2.29. The first-order valence-corrected chi connectivity index (χ1v) is 3.63. The summed E-state index contributed by atoms with van der Waals surface area (Å²) < 4.78 is 5.13. The predicted molar refractivity (Wildman–Crippen MR) is 40.5 cm³/mol. The Kier molecular flexibility index (Phi) is 1.16. The first kappa shape index (κ1) is 5.78. The van der Waals surface area contributed by atoms with Crippen molar-refractivity contribution >= 4 is 0 Å². The van der Waals surface area contributed by atoms with Crippen LogP contribution in [0.15, 0.2) is 35.1 Å². The lowest BCUT2D eigenvalue weighted by Gasteiger charge is -1.90. The Morgan fingerprint density at radius 1 is 1.50 bits per heavy atom. The molecule has 10 heavy (non-hydrogen) atoms. The van der Waals surface area contributed by atoms with Crippen LogP contribution >= 0.6 is 0 Å². The average molecular weight is 134 g/mol. The molecule has 2 rings (SSSR count). The van der Waals surface area contributed by atoms with Crippen molar-refractivity contribution in [2.75, 3.05) is 6.61 Å². The zero-order valence-electron chi connectivity index (χ0n) is 6.05. The van der Waals surface area contributed by atoms with Crippen LogP contribution in [0.3, 0.4) is 0 Å². The Labute approximate surface area is 60.7 Å². The molecule has 1 heteroatoms. The Morgan fingerprint density at radius 3 is 3.10 bits per heavy atom. The molecule has 2 aliphatic rings. The largest absolute Gasteiger partial charge is 0.496 e. The SMILES string of the molecule is CCC1=CC2=COCC2=C1. The smallest absolute Gasteiger partial charge is 0.113 e. The fraction of sp³-hybridized carbons (Fsp3) is 0.333. The summed E-state index contributed by atoms with van der Waals surface area (Å²) >= 11 is 0. The summed E-state index contributed by atoms with van der Waals surface area (Å²) in [6, 6.07) is 0. The van der Waals surface area contributed by atoms with E-state index in [4.69, 9.17) is 4.74 Å². The van der Waals surface area contributed by atoms with Crippen molar-refractivity contribution in [1.82, 2.24) is 0 Å². The summed E-state index contributed by atoms with van der Waals surface area (Å²) in [6.45, 7) is 2.95. The molecule has 0 radical (unpaired) electrons. The molecule has 1 aliphatic carbocycles. The second-order valence-corrected chi connectivity index (χ2v) is 2.63. The van der Waals surface area contributed by atoms with E-state index in [0.29, 0.717) is 0 Å². The molecule has 0 N–H and O–H groups in total. The van der Waals surface area contributed by atoms with Gasteiger partial charge < -0.3 is 4.74 Å².